The lowest BCUT2D eigenvalue weighted by atomic mass is 9.65. The predicted octanol–water partition coefficient (Wildman–Crippen LogP) is 2.59. The second-order valence-electron chi connectivity index (χ2n) is 8.58. The summed E-state index contributed by atoms with van der Waals surface area (Å²) in [6, 6.07) is 7.83. The highest BCUT2D eigenvalue weighted by molar-refractivity contribution is 5.92. The molecule has 1 N–H and O–H groups in total. The molecule has 0 unspecified atom stereocenters. The fourth-order valence-electron chi connectivity index (χ4n) is 5.55. The van der Waals surface area contributed by atoms with Gasteiger partial charge in [0.1, 0.15) is 17.0 Å². The van der Waals surface area contributed by atoms with Crippen LogP contribution in [0.1, 0.15) is 25.3 Å². The standard InChI is InChI=1S/C24H32N2O4/c1-4-5-12-26-15-19-13-21(30-3)10-11-23(19)16-25(22(28)24(23,26)17-27)14-18-6-8-20(29-2)9-7-18/h6-11,13,19,27H,4-5,12,14-17H2,1-3H3/t19-,23+,24+/m0/s1. The molecule has 0 saturated carbocycles. The van der Waals surface area contributed by atoms with Crippen LogP contribution in [0, 0.1) is 11.3 Å². The second kappa shape index (κ2) is 8.08. The Morgan fingerprint density at radius 2 is 1.97 bits per heavy atom. The number of allylic oxidation sites excluding steroid dienone is 1. The third-order valence-corrected chi connectivity index (χ3v) is 7.17. The van der Waals surface area contributed by atoms with E-state index in [0.717, 1.165) is 43.0 Å². The zero-order valence-electron chi connectivity index (χ0n) is 18.1. The number of hydrogen-bond acceptors (Lipinski definition) is 5. The molecule has 2 aliphatic heterocycles. The predicted molar refractivity (Wildman–Crippen MR) is 115 cm³/mol. The maximum atomic E-state index is 13.9. The van der Waals surface area contributed by atoms with E-state index in [-0.39, 0.29) is 18.4 Å². The summed E-state index contributed by atoms with van der Waals surface area (Å²) in [5, 5.41) is 10.7. The van der Waals surface area contributed by atoms with Crippen LogP contribution in [-0.4, -0.2) is 66.8 Å². The molecule has 2 fully saturated rings. The summed E-state index contributed by atoms with van der Waals surface area (Å²) in [6.07, 6.45) is 8.29. The number of ether oxygens (including phenoxy) is 2. The summed E-state index contributed by atoms with van der Waals surface area (Å²) in [5.74, 6) is 1.78. The number of unbranched alkanes of at least 4 members (excludes halogenated alkanes) is 1. The van der Waals surface area contributed by atoms with Crippen LogP contribution in [0.15, 0.2) is 48.3 Å². The molecule has 1 aromatic carbocycles. The van der Waals surface area contributed by atoms with E-state index in [0.29, 0.717) is 13.1 Å². The van der Waals surface area contributed by atoms with Crippen molar-refractivity contribution in [2.75, 3.05) is 40.5 Å². The lowest BCUT2D eigenvalue weighted by molar-refractivity contribution is -0.141. The summed E-state index contributed by atoms with van der Waals surface area (Å²) in [4.78, 5) is 18.0. The van der Waals surface area contributed by atoms with Crippen molar-refractivity contribution in [1.82, 2.24) is 9.80 Å². The van der Waals surface area contributed by atoms with Gasteiger partial charge in [0.15, 0.2) is 0 Å². The normalized spacial score (nSPS) is 30.3. The lowest BCUT2D eigenvalue weighted by Crippen LogP contribution is -2.59. The minimum absolute atomic E-state index is 0.0262. The average Bonchev–Trinajstić information content (AvgIpc) is 3.18. The van der Waals surface area contributed by atoms with Crippen LogP contribution in [0.4, 0.5) is 0 Å². The van der Waals surface area contributed by atoms with E-state index in [4.69, 9.17) is 9.47 Å². The number of hydrogen-bond donors (Lipinski definition) is 1. The minimum Gasteiger partial charge on any atom is -0.497 e. The van der Waals surface area contributed by atoms with E-state index < -0.39 is 11.0 Å². The third-order valence-electron chi connectivity index (χ3n) is 7.17. The minimum atomic E-state index is -0.911. The molecule has 2 saturated heterocycles. The van der Waals surface area contributed by atoms with Crippen molar-refractivity contribution in [3.8, 4) is 5.75 Å². The van der Waals surface area contributed by atoms with E-state index in [9.17, 15) is 9.90 Å². The van der Waals surface area contributed by atoms with Crippen LogP contribution < -0.4 is 4.74 Å². The molecule has 0 aromatic heterocycles. The van der Waals surface area contributed by atoms with Crippen molar-refractivity contribution in [3.63, 3.8) is 0 Å². The molecule has 162 valence electrons. The Bertz CT molecular complexity index is 849. The Balaban J connectivity index is 1.69. The monoisotopic (exact) mass is 412 g/mol. The molecule has 2 heterocycles. The smallest absolute Gasteiger partial charge is 0.246 e. The maximum Gasteiger partial charge on any atom is 0.246 e. The number of amides is 1. The van der Waals surface area contributed by atoms with Gasteiger partial charge < -0.3 is 19.5 Å². The lowest BCUT2D eigenvalue weighted by Gasteiger charge is -2.41. The molecule has 1 aliphatic carbocycles. The largest absolute Gasteiger partial charge is 0.497 e. The molecular weight excluding hydrogens is 380 g/mol. The number of carbonyl (C=O) groups excluding carboxylic acids is 1. The molecule has 6 heteroatoms. The SMILES string of the molecule is CCCCN1C[C@@H]2C=C(OC)C=C[C@@]23CN(Cc2ccc(OC)cc2)C(=O)[C@@]13CO. The Hall–Kier alpha value is -2.31. The molecule has 0 bridgehead atoms. The van der Waals surface area contributed by atoms with E-state index in [1.807, 2.05) is 35.2 Å². The van der Waals surface area contributed by atoms with Gasteiger partial charge in [-0.05, 0) is 42.8 Å². The number of carbonyl (C=O) groups is 1. The molecule has 3 aliphatic rings. The number of likely N-dealkylation sites (tertiary alicyclic amines) is 2. The van der Waals surface area contributed by atoms with Crippen LogP contribution in [0.2, 0.25) is 0 Å². The summed E-state index contributed by atoms with van der Waals surface area (Å²) in [6.45, 7) is 4.66. The molecular formula is C24H32N2O4. The quantitative estimate of drug-likeness (QED) is 0.711. The van der Waals surface area contributed by atoms with Gasteiger partial charge in [-0.3, -0.25) is 9.69 Å². The van der Waals surface area contributed by atoms with Crippen molar-refractivity contribution in [1.29, 1.82) is 0 Å². The van der Waals surface area contributed by atoms with Crippen LogP contribution in [-0.2, 0) is 16.1 Å². The van der Waals surface area contributed by atoms with Crippen molar-refractivity contribution >= 4 is 5.91 Å². The zero-order valence-corrected chi connectivity index (χ0v) is 18.1. The maximum absolute atomic E-state index is 13.9. The van der Waals surface area contributed by atoms with Gasteiger partial charge in [0.2, 0.25) is 5.91 Å². The molecule has 30 heavy (non-hydrogen) atoms. The van der Waals surface area contributed by atoms with Crippen LogP contribution in [0.25, 0.3) is 0 Å². The van der Waals surface area contributed by atoms with Crippen LogP contribution >= 0.6 is 0 Å². The van der Waals surface area contributed by atoms with Crippen LogP contribution in [0.3, 0.4) is 0 Å². The first-order valence-electron chi connectivity index (χ1n) is 10.8. The number of rotatable bonds is 8. The van der Waals surface area contributed by atoms with Gasteiger partial charge in [0, 0.05) is 31.0 Å². The average molecular weight is 413 g/mol. The van der Waals surface area contributed by atoms with Crippen molar-refractivity contribution in [2.45, 2.75) is 31.8 Å². The van der Waals surface area contributed by atoms with Crippen molar-refractivity contribution < 1.29 is 19.4 Å². The number of methoxy groups -OCH3 is 2. The highest BCUT2D eigenvalue weighted by Crippen LogP contribution is 2.58. The summed E-state index contributed by atoms with van der Waals surface area (Å²) < 4.78 is 10.7. The molecule has 4 rings (SSSR count). The first kappa shape index (κ1) is 20.9. The number of benzene rings is 1. The van der Waals surface area contributed by atoms with Gasteiger partial charge >= 0.3 is 0 Å². The highest BCUT2D eigenvalue weighted by atomic mass is 16.5. The topological polar surface area (TPSA) is 62.2 Å². The molecule has 1 aromatic rings. The summed E-state index contributed by atoms with van der Waals surface area (Å²) in [5.41, 5.74) is -0.301. The first-order valence-corrected chi connectivity index (χ1v) is 10.8. The third kappa shape index (κ3) is 2.96. The van der Waals surface area contributed by atoms with Crippen molar-refractivity contribution in [2.24, 2.45) is 11.3 Å². The Morgan fingerprint density at radius 3 is 2.60 bits per heavy atom. The van der Waals surface area contributed by atoms with Crippen LogP contribution in [0.5, 0.6) is 5.75 Å². The molecule has 6 nitrogen and oxygen atoms in total. The van der Waals surface area contributed by atoms with E-state index in [1.165, 1.54) is 0 Å². The van der Waals surface area contributed by atoms with Gasteiger partial charge in [-0.1, -0.05) is 31.6 Å². The zero-order chi connectivity index (χ0) is 21.4. The van der Waals surface area contributed by atoms with Gasteiger partial charge in [0.25, 0.3) is 0 Å². The van der Waals surface area contributed by atoms with Gasteiger partial charge in [0.05, 0.1) is 20.8 Å². The Kier molecular flexibility index (Phi) is 5.64. The summed E-state index contributed by atoms with van der Waals surface area (Å²) >= 11 is 0. The fourth-order valence-corrected chi connectivity index (χ4v) is 5.55. The Morgan fingerprint density at radius 1 is 1.20 bits per heavy atom. The molecule has 1 spiro atoms. The molecule has 0 radical (unpaired) electrons. The number of aliphatic hydroxyl groups is 1. The van der Waals surface area contributed by atoms with Gasteiger partial charge in [-0.15, -0.1) is 0 Å². The Labute approximate surface area is 178 Å². The first-order chi connectivity index (χ1) is 14.5. The van der Waals surface area contributed by atoms with E-state index >= 15 is 0 Å². The van der Waals surface area contributed by atoms with Gasteiger partial charge in [-0.2, -0.15) is 0 Å². The highest BCUT2D eigenvalue weighted by Gasteiger charge is 2.71. The second-order valence-corrected chi connectivity index (χ2v) is 8.58. The molecule has 1 amide bonds. The van der Waals surface area contributed by atoms with E-state index in [2.05, 4.69) is 24.0 Å². The van der Waals surface area contributed by atoms with E-state index in [1.54, 1.807) is 14.2 Å². The molecule has 3 atom stereocenters. The number of aliphatic hydroxyl groups excluding tert-OH is 1. The number of nitrogens with zero attached hydrogens (tertiary/aromatic N) is 2. The van der Waals surface area contributed by atoms with Gasteiger partial charge in [-0.25, -0.2) is 0 Å². The fraction of sp³-hybridized carbons (Fsp3) is 0.542. The summed E-state index contributed by atoms with van der Waals surface area (Å²) in [7, 11) is 3.32. The van der Waals surface area contributed by atoms with Crippen molar-refractivity contribution in [3.05, 3.63) is 53.8 Å².